The molecule has 3 aromatic rings. The third kappa shape index (κ3) is 3.80. The smallest absolute Gasteiger partial charge is 0.136 e. The van der Waals surface area contributed by atoms with E-state index in [0.717, 1.165) is 60.6 Å². The van der Waals surface area contributed by atoms with Crippen molar-refractivity contribution in [3.63, 3.8) is 0 Å². The Morgan fingerprint density at radius 1 is 1.03 bits per heavy atom. The summed E-state index contributed by atoms with van der Waals surface area (Å²) in [6.45, 7) is 9.05. The predicted octanol–water partition coefficient (Wildman–Crippen LogP) is 3.64. The first-order valence-corrected chi connectivity index (χ1v) is 10.3. The highest BCUT2D eigenvalue weighted by atomic mass is 16.5. The molecule has 4 rings (SSSR count). The zero-order valence-electron chi connectivity index (χ0n) is 17.4. The van der Waals surface area contributed by atoms with Crippen LogP contribution in [0.5, 0.6) is 5.75 Å². The van der Waals surface area contributed by atoms with Crippen LogP contribution < -0.4 is 9.64 Å². The van der Waals surface area contributed by atoms with Gasteiger partial charge in [-0.1, -0.05) is 43.3 Å². The number of hydrogen-bond donors (Lipinski definition) is 1. The van der Waals surface area contributed by atoms with Crippen LogP contribution in [-0.4, -0.2) is 54.8 Å². The van der Waals surface area contributed by atoms with E-state index in [0.29, 0.717) is 5.69 Å². The SMILES string of the molecule is CCN1CCN(c2nc(C(C)(O)c3ccc(OC)cc3)cc3ccccc23)CC1. The summed E-state index contributed by atoms with van der Waals surface area (Å²) in [6, 6.07) is 17.8. The van der Waals surface area contributed by atoms with E-state index in [1.165, 1.54) is 0 Å². The summed E-state index contributed by atoms with van der Waals surface area (Å²) in [5.41, 5.74) is 0.258. The zero-order chi connectivity index (χ0) is 20.4. The number of rotatable bonds is 5. The Morgan fingerprint density at radius 2 is 1.72 bits per heavy atom. The number of likely N-dealkylation sites (N-methyl/N-ethyl adjacent to an activating group) is 1. The minimum atomic E-state index is -1.20. The van der Waals surface area contributed by atoms with Crippen molar-refractivity contribution >= 4 is 16.6 Å². The van der Waals surface area contributed by atoms with Gasteiger partial charge in [-0.05, 0) is 42.6 Å². The number of aliphatic hydroxyl groups is 1. The topological polar surface area (TPSA) is 48.8 Å². The van der Waals surface area contributed by atoms with Crippen LogP contribution >= 0.6 is 0 Å². The second-order valence-corrected chi connectivity index (χ2v) is 7.77. The molecule has 2 aromatic carbocycles. The fraction of sp³-hybridized carbons (Fsp3) is 0.375. The molecule has 0 aliphatic carbocycles. The third-order valence-electron chi connectivity index (χ3n) is 5.99. The van der Waals surface area contributed by atoms with Crippen molar-refractivity contribution in [1.82, 2.24) is 9.88 Å². The van der Waals surface area contributed by atoms with Gasteiger partial charge in [0.25, 0.3) is 0 Å². The van der Waals surface area contributed by atoms with Gasteiger partial charge >= 0.3 is 0 Å². The molecule has 1 fully saturated rings. The van der Waals surface area contributed by atoms with Crippen LogP contribution in [0.3, 0.4) is 0 Å². The Bertz CT molecular complexity index is 977. The second-order valence-electron chi connectivity index (χ2n) is 7.77. The van der Waals surface area contributed by atoms with Gasteiger partial charge in [-0.2, -0.15) is 0 Å². The van der Waals surface area contributed by atoms with Crippen molar-refractivity contribution in [2.24, 2.45) is 0 Å². The summed E-state index contributed by atoms with van der Waals surface area (Å²) in [5, 5.41) is 13.7. The monoisotopic (exact) mass is 391 g/mol. The molecule has 5 nitrogen and oxygen atoms in total. The van der Waals surface area contributed by atoms with Crippen molar-refractivity contribution in [3.8, 4) is 5.75 Å². The van der Waals surface area contributed by atoms with Gasteiger partial charge in [0, 0.05) is 31.6 Å². The summed E-state index contributed by atoms with van der Waals surface area (Å²) in [6.07, 6.45) is 0. The summed E-state index contributed by atoms with van der Waals surface area (Å²) in [4.78, 5) is 9.80. The number of anilines is 1. The average molecular weight is 392 g/mol. The molecule has 0 spiro atoms. The van der Waals surface area contributed by atoms with Crippen molar-refractivity contribution in [1.29, 1.82) is 0 Å². The molecule has 1 aliphatic rings. The molecule has 1 aliphatic heterocycles. The summed E-state index contributed by atoms with van der Waals surface area (Å²) < 4.78 is 5.25. The standard InChI is InChI=1S/C24H29N3O2/c1-4-26-13-15-27(16-14-26)23-21-8-6-5-7-18(21)17-22(25-23)24(2,28)19-9-11-20(29-3)12-10-19/h5-12,17,28H,4,13-16H2,1-3H3. The third-order valence-corrected chi connectivity index (χ3v) is 5.99. The molecule has 5 heteroatoms. The fourth-order valence-electron chi connectivity index (χ4n) is 4.01. The van der Waals surface area contributed by atoms with E-state index in [9.17, 15) is 5.11 Å². The number of benzene rings is 2. The lowest BCUT2D eigenvalue weighted by Gasteiger charge is -2.36. The van der Waals surface area contributed by atoms with Crippen LogP contribution in [0.1, 0.15) is 25.1 Å². The lowest BCUT2D eigenvalue weighted by atomic mass is 9.91. The number of hydrogen-bond acceptors (Lipinski definition) is 5. The molecule has 0 bridgehead atoms. The lowest BCUT2D eigenvalue weighted by molar-refractivity contribution is 0.0976. The number of piperazine rings is 1. The first-order valence-electron chi connectivity index (χ1n) is 10.3. The Balaban J connectivity index is 1.77. The highest BCUT2D eigenvalue weighted by molar-refractivity contribution is 5.92. The molecule has 0 radical (unpaired) electrons. The second kappa shape index (κ2) is 8.01. The number of fused-ring (bicyclic) bond motifs is 1. The van der Waals surface area contributed by atoms with Gasteiger partial charge in [0.2, 0.25) is 0 Å². The quantitative estimate of drug-likeness (QED) is 0.720. The summed E-state index contributed by atoms with van der Waals surface area (Å²) >= 11 is 0. The fourth-order valence-corrected chi connectivity index (χ4v) is 4.01. The van der Waals surface area contributed by atoms with Crippen LogP contribution in [0.25, 0.3) is 10.8 Å². The maximum absolute atomic E-state index is 11.5. The van der Waals surface area contributed by atoms with Crippen LogP contribution in [0.4, 0.5) is 5.82 Å². The maximum Gasteiger partial charge on any atom is 0.136 e. The van der Waals surface area contributed by atoms with Crippen LogP contribution in [-0.2, 0) is 5.60 Å². The number of nitrogens with zero attached hydrogens (tertiary/aromatic N) is 3. The van der Waals surface area contributed by atoms with Gasteiger partial charge < -0.3 is 19.6 Å². The Morgan fingerprint density at radius 3 is 2.38 bits per heavy atom. The zero-order valence-corrected chi connectivity index (χ0v) is 17.4. The van der Waals surface area contributed by atoms with Gasteiger partial charge in [-0.25, -0.2) is 4.98 Å². The molecule has 1 atom stereocenters. The van der Waals surface area contributed by atoms with Crippen molar-refractivity contribution in [3.05, 3.63) is 65.9 Å². The normalized spacial score (nSPS) is 17.3. The summed E-state index contributed by atoms with van der Waals surface area (Å²) in [5.74, 6) is 1.73. The Labute approximate surface area is 172 Å². The molecular weight excluding hydrogens is 362 g/mol. The predicted molar refractivity (Wildman–Crippen MR) is 118 cm³/mol. The van der Waals surface area contributed by atoms with Gasteiger partial charge in [0.1, 0.15) is 17.2 Å². The average Bonchev–Trinajstić information content (AvgIpc) is 2.78. The first kappa shape index (κ1) is 19.7. The molecule has 152 valence electrons. The van der Waals surface area contributed by atoms with E-state index in [-0.39, 0.29) is 0 Å². The highest BCUT2D eigenvalue weighted by Crippen LogP contribution is 2.34. The molecule has 0 amide bonds. The van der Waals surface area contributed by atoms with Gasteiger partial charge in [-0.15, -0.1) is 0 Å². The molecule has 1 unspecified atom stereocenters. The van der Waals surface area contributed by atoms with E-state index < -0.39 is 5.60 Å². The minimum absolute atomic E-state index is 0.661. The molecule has 2 heterocycles. The van der Waals surface area contributed by atoms with Crippen molar-refractivity contribution in [2.45, 2.75) is 19.4 Å². The highest BCUT2D eigenvalue weighted by Gasteiger charge is 2.29. The largest absolute Gasteiger partial charge is 0.497 e. The first-order chi connectivity index (χ1) is 14.0. The molecule has 0 saturated carbocycles. The van der Waals surface area contributed by atoms with E-state index in [1.54, 1.807) is 7.11 Å². The van der Waals surface area contributed by atoms with Crippen molar-refractivity contribution in [2.75, 3.05) is 44.7 Å². The molecule has 1 saturated heterocycles. The summed E-state index contributed by atoms with van der Waals surface area (Å²) in [7, 11) is 1.64. The van der Waals surface area contributed by atoms with Crippen molar-refractivity contribution < 1.29 is 9.84 Å². The van der Waals surface area contributed by atoms with Gasteiger partial charge in [-0.3, -0.25) is 0 Å². The van der Waals surface area contributed by atoms with E-state index >= 15 is 0 Å². The number of aromatic nitrogens is 1. The Hall–Kier alpha value is -2.63. The number of ether oxygens (including phenoxy) is 1. The van der Waals surface area contributed by atoms with E-state index in [4.69, 9.17) is 9.72 Å². The maximum atomic E-state index is 11.5. The number of methoxy groups -OCH3 is 1. The number of pyridine rings is 1. The molecule has 29 heavy (non-hydrogen) atoms. The molecular formula is C24H29N3O2. The lowest BCUT2D eigenvalue weighted by Crippen LogP contribution is -2.46. The van der Waals surface area contributed by atoms with Crippen LogP contribution in [0, 0.1) is 0 Å². The minimum Gasteiger partial charge on any atom is -0.497 e. The van der Waals surface area contributed by atoms with Crippen LogP contribution in [0.15, 0.2) is 54.6 Å². The van der Waals surface area contributed by atoms with E-state index in [2.05, 4.69) is 34.9 Å². The molecule has 1 N–H and O–H groups in total. The van der Waals surface area contributed by atoms with Gasteiger partial charge in [0.05, 0.1) is 12.8 Å². The molecule has 1 aromatic heterocycles. The van der Waals surface area contributed by atoms with E-state index in [1.807, 2.05) is 43.3 Å². The van der Waals surface area contributed by atoms with Gasteiger partial charge in [0.15, 0.2) is 0 Å². The van der Waals surface area contributed by atoms with Crippen LogP contribution in [0.2, 0.25) is 0 Å². The Kier molecular flexibility index (Phi) is 5.43.